The van der Waals surface area contributed by atoms with Crippen LogP contribution in [0.25, 0.3) is 0 Å². The van der Waals surface area contributed by atoms with Gasteiger partial charge in [0.25, 0.3) is 0 Å². The first-order chi connectivity index (χ1) is 5.80. The summed E-state index contributed by atoms with van der Waals surface area (Å²) in [5.41, 5.74) is -2.03. The Bertz CT molecular complexity index is 175. The summed E-state index contributed by atoms with van der Waals surface area (Å²) in [4.78, 5) is 0. The third-order valence-corrected chi connectivity index (χ3v) is 2.54. The van der Waals surface area contributed by atoms with E-state index in [0.29, 0.717) is 0 Å². The molecule has 0 saturated heterocycles. The molecular weight excluding hydrogens is 180 g/mol. The molecule has 6 N–H and O–H groups in total. The second-order valence-corrected chi connectivity index (χ2v) is 3.59. The molecule has 0 aromatic carbocycles. The summed E-state index contributed by atoms with van der Waals surface area (Å²) >= 11 is 0. The van der Waals surface area contributed by atoms with Gasteiger partial charge in [0.2, 0.25) is 0 Å². The molecule has 1 fully saturated rings. The minimum atomic E-state index is -2.03. The van der Waals surface area contributed by atoms with Crippen molar-refractivity contribution in [3.63, 3.8) is 0 Å². The summed E-state index contributed by atoms with van der Waals surface area (Å²) in [5, 5.41) is 55.3. The second-order valence-electron chi connectivity index (χ2n) is 3.59. The molecule has 0 bridgehead atoms. The molecule has 0 aliphatic heterocycles. The molecule has 1 saturated carbocycles. The predicted octanol–water partition coefficient (Wildman–Crippen LogP) is -3.44. The van der Waals surface area contributed by atoms with Crippen LogP contribution in [0.2, 0.25) is 0 Å². The largest absolute Gasteiger partial charge is 0.387 e. The molecule has 0 aromatic heterocycles. The van der Waals surface area contributed by atoms with Gasteiger partial charge in [0, 0.05) is 0 Å². The van der Waals surface area contributed by atoms with E-state index in [-0.39, 0.29) is 0 Å². The average molecular weight is 194 g/mol. The maximum atomic E-state index is 9.44. The minimum absolute atomic E-state index is 1.07. The molecule has 0 heterocycles. The Kier molecular flexibility index (Phi) is 2.63. The third kappa shape index (κ3) is 1.45. The predicted molar refractivity (Wildman–Crippen MR) is 40.7 cm³/mol. The van der Waals surface area contributed by atoms with Crippen LogP contribution in [0.5, 0.6) is 0 Å². The van der Waals surface area contributed by atoms with Gasteiger partial charge in [-0.15, -0.1) is 0 Å². The van der Waals surface area contributed by atoms with Crippen LogP contribution in [0.4, 0.5) is 0 Å². The van der Waals surface area contributed by atoms with Crippen LogP contribution in [-0.2, 0) is 0 Å². The summed E-state index contributed by atoms with van der Waals surface area (Å²) < 4.78 is 0. The lowest BCUT2D eigenvalue weighted by Gasteiger charge is -2.45. The van der Waals surface area contributed by atoms with Gasteiger partial charge in [0.1, 0.15) is 36.1 Å². The Morgan fingerprint density at radius 1 is 0.769 bits per heavy atom. The monoisotopic (exact) mass is 194 g/mol. The van der Waals surface area contributed by atoms with Crippen molar-refractivity contribution in [2.45, 2.75) is 43.0 Å². The maximum Gasteiger partial charge on any atom is 0.119 e. The van der Waals surface area contributed by atoms with Crippen molar-refractivity contribution in [1.29, 1.82) is 0 Å². The van der Waals surface area contributed by atoms with Gasteiger partial charge in [-0.25, -0.2) is 0 Å². The average Bonchev–Trinajstić information content (AvgIpc) is 2.09. The van der Waals surface area contributed by atoms with Crippen LogP contribution in [0, 0.1) is 0 Å². The van der Waals surface area contributed by atoms with E-state index in [9.17, 15) is 15.3 Å². The topological polar surface area (TPSA) is 121 Å². The quantitative estimate of drug-likeness (QED) is 0.238. The summed E-state index contributed by atoms with van der Waals surface area (Å²) in [6.07, 6.45) is -8.39. The normalized spacial score (nSPS) is 57.9. The maximum absolute atomic E-state index is 9.44. The first kappa shape index (κ1) is 10.8. The highest BCUT2D eigenvalue weighted by molar-refractivity contribution is 5.05. The van der Waals surface area contributed by atoms with Crippen molar-refractivity contribution in [2.24, 2.45) is 0 Å². The van der Waals surface area contributed by atoms with E-state index in [4.69, 9.17) is 15.3 Å². The minimum Gasteiger partial charge on any atom is -0.387 e. The van der Waals surface area contributed by atoms with Crippen LogP contribution < -0.4 is 0 Å². The third-order valence-electron chi connectivity index (χ3n) is 2.54. The SMILES string of the molecule is CC1(O)[C@@H](O)[C@@H](O)C(O)[C@H](O)[C@@H]1O. The molecular formula is C7H14O6. The Labute approximate surface area is 74.7 Å². The van der Waals surface area contributed by atoms with Gasteiger partial charge in [-0.3, -0.25) is 0 Å². The molecule has 6 heteroatoms. The van der Waals surface area contributed by atoms with Gasteiger partial charge in [-0.05, 0) is 6.92 Å². The molecule has 4 atom stereocenters. The van der Waals surface area contributed by atoms with E-state index in [1.807, 2.05) is 0 Å². The molecule has 0 aromatic rings. The Morgan fingerprint density at radius 3 is 1.38 bits per heavy atom. The van der Waals surface area contributed by atoms with Gasteiger partial charge in [-0.1, -0.05) is 0 Å². The van der Waals surface area contributed by atoms with Crippen molar-refractivity contribution >= 4 is 0 Å². The molecule has 0 amide bonds. The molecule has 1 aliphatic rings. The fraction of sp³-hybridized carbons (Fsp3) is 1.00. The van der Waals surface area contributed by atoms with Crippen molar-refractivity contribution in [2.75, 3.05) is 0 Å². The molecule has 1 aliphatic carbocycles. The fourth-order valence-electron chi connectivity index (χ4n) is 1.44. The van der Waals surface area contributed by atoms with E-state index >= 15 is 0 Å². The molecule has 1 rings (SSSR count). The van der Waals surface area contributed by atoms with Crippen LogP contribution in [0.1, 0.15) is 6.92 Å². The van der Waals surface area contributed by atoms with Crippen molar-refractivity contribution in [3.8, 4) is 0 Å². The Morgan fingerprint density at radius 2 is 1.08 bits per heavy atom. The molecule has 0 unspecified atom stereocenters. The lowest BCUT2D eigenvalue weighted by molar-refractivity contribution is -0.261. The van der Waals surface area contributed by atoms with Crippen molar-refractivity contribution in [3.05, 3.63) is 0 Å². The number of hydrogen-bond donors (Lipinski definition) is 6. The lowest BCUT2D eigenvalue weighted by Crippen LogP contribution is -2.69. The van der Waals surface area contributed by atoms with Crippen LogP contribution >= 0.6 is 0 Å². The van der Waals surface area contributed by atoms with E-state index < -0.39 is 36.1 Å². The molecule has 6 nitrogen and oxygen atoms in total. The zero-order chi connectivity index (χ0) is 10.4. The second kappa shape index (κ2) is 3.16. The molecule has 13 heavy (non-hydrogen) atoms. The van der Waals surface area contributed by atoms with Gasteiger partial charge < -0.3 is 30.6 Å². The highest BCUT2D eigenvalue weighted by atomic mass is 16.4. The van der Waals surface area contributed by atoms with Gasteiger partial charge in [0.05, 0.1) is 0 Å². The van der Waals surface area contributed by atoms with Gasteiger partial charge in [0.15, 0.2) is 0 Å². The Balaban J connectivity index is 2.93. The van der Waals surface area contributed by atoms with Crippen molar-refractivity contribution in [1.82, 2.24) is 0 Å². The first-order valence-corrected chi connectivity index (χ1v) is 3.93. The smallest absolute Gasteiger partial charge is 0.119 e. The molecule has 0 spiro atoms. The molecule has 78 valence electrons. The van der Waals surface area contributed by atoms with E-state index in [0.717, 1.165) is 6.92 Å². The van der Waals surface area contributed by atoms with Gasteiger partial charge in [-0.2, -0.15) is 0 Å². The Hall–Kier alpha value is -0.240. The zero-order valence-corrected chi connectivity index (χ0v) is 7.07. The highest BCUT2D eigenvalue weighted by Crippen LogP contribution is 2.29. The standard InChI is InChI=1S/C7H14O6/c1-7(13)5(11)3(9)2(8)4(10)6(7)12/h2-6,8-13H,1H3/t2?,3-,4-,5-,6-,7?/m0/s1. The number of rotatable bonds is 0. The number of aliphatic hydroxyl groups is 6. The lowest BCUT2D eigenvalue weighted by atomic mass is 9.76. The summed E-state index contributed by atoms with van der Waals surface area (Å²) in [5.74, 6) is 0. The van der Waals surface area contributed by atoms with Crippen LogP contribution in [-0.4, -0.2) is 66.8 Å². The van der Waals surface area contributed by atoms with E-state index in [1.54, 1.807) is 0 Å². The summed E-state index contributed by atoms with van der Waals surface area (Å²) in [6.45, 7) is 1.07. The molecule has 0 radical (unpaired) electrons. The first-order valence-electron chi connectivity index (χ1n) is 3.93. The van der Waals surface area contributed by atoms with Crippen molar-refractivity contribution < 1.29 is 30.6 Å². The summed E-state index contributed by atoms with van der Waals surface area (Å²) in [7, 11) is 0. The zero-order valence-electron chi connectivity index (χ0n) is 7.07. The summed E-state index contributed by atoms with van der Waals surface area (Å²) in [6, 6.07) is 0. The van der Waals surface area contributed by atoms with E-state index in [2.05, 4.69) is 0 Å². The number of aliphatic hydroxyl groups excluding tert-OH is 5. The van der Waals surface area contributed by atoms with E-state index in [1.165, 1.54) is 0 Å². The number of hydrogen-bond acceptors (Lipinski definition) is 6. The van der Waals surface area contributed by atoms with Crippen LogP contribution in [0.15, 0.2) is 0 Å². The fourth-order valence-corrected chi connectivity index (χ4v) is 1.44. The highest BCUT2D eigenvalue weighted by Gasteiger charge is 2.54. The van der Waals surface area contributed by atoms with Crippen LogP contribution in [0.3, 0.4) is 0 Å². The van der Waals surface area contributed by atoms with Gasteiger partial charge >= 0.3 is 0 Å².